The average molecular weight is 623 g/mol. The normalized spacial score (nSPS) is 12.7. The Morgan fingerprint density at radius 1 is 0.432 bits per heavy atom. The van der Waals surface area contributed by atoms with Crippen LogP contribution < -0.4 is 0 Å². The molecule has 0 aliphatic carbocycles. The summed E-state index contributed by atoms with van der Waals surface area (Å²) in [6, 6.07) is 0. The highest BCUT2D eigenvalue weighted by Gasteiger charge is 2.30. The predicted molar refractivity (Wildman–Crippen MR) is 195 cm³/mol. The van der Waals surface area contributed by atoms with Crippen molar-refractivity contribution in [2.45, 2.75) is 233 Å². The first-order chi connectivity index (χ1) is 21.4. The van der Waals surface area contributed by atoms with Crippen molar-refractivity contribution in [1.82, 2.24) is 0 Å². The summed E-state index contributed by atoms with van der Waals surface area (Å²) in [6.45, 7) is 12.4. The molecule has 0 radical (unpaired) electrons. The van der Waals surface area contributed by atoms with E-state index in [1.807, 2.05) is 20.8 Å². The molecule has 1 unspecified atom stereocenters. The summed E-state index contributed by atoms with van der Waals surface area (Å²) in [7, 11) is 0. The van der Waals surface area contributed by atoms with E-state index in [1.54, 1.807) is 0 Å². The summed E-state index contributed by atoms with van der Waals surface area (Å²) in [6.07, 6.45) is 40.6. The summed E-state index contributed by atoms with van der Waals surface area (Å²) in [4.78, 5) is 13.0. The third-order valence-corrected chi connectivity index (χ3v) is 9.26. The maximum atomic E-state index is 13.0. The molecule has 0 aliphatic rings. The van der Waals surface area contributed by atoms with E-state index >= 15 is 0 Å². The molecule has 0 bridgehead atoms. The smallest absolute Gasteiger partial charge is 0.169 e. The number of ether oxygens (including phenoxy) is 2. The van der Waals surface area contributed by atoms with Crippen LogP contribution >= 0.6 is 0 Å². The number of carbonyl (C=O) groups excluding carboxylic acids is 1. The Morgan fingerprint density at radius 3 is 1.00 bits per heavy atom. The molecule has 0 aliphatic heterocycles. The lowest BCUT2D eigenvalue weighted by atomic mass is 9.87. The van der Waals surface area contributed by atoms with Crippen LogP contribution in [0.15, 0.2) is 0 Å². The Balaban J connectivity index is 3.69. The van der Waals surface area contributed by atoms with E-state index in [0.29, 0.717) is 13.2 Å². The summed E-state index contributed by atoms with van der Waals surface area (Å²) in [5, 5.41) is 0. The van der Waals surface area contributed by atoms with E-state index in [4.69, 9.17) is 9.47 Å². The molecule has 1 atom stereocenters. The first-order valence-electron chi connectivity index (χ1n) is 20.2. The molecule has 0 aromatic carbocycles. The molecule has 0 aromatic rings. The van der Waals surface area contributed by atoms with Crippen molar-refractivity contribution in [2.75, 3.05) is 19.8 Å². The third kappa shape index (κ3) is 31.6. The van der Waals surface area contributed by atoms with Crippen LogP contribution in [0.1, 0.15) is 227 Å². The summed E-state index contributed by atoms with van der Waals surface area (Å²) in [5.41, 5.74) is -0.391. The van der Waals surface area contributed by atoms with Gasteiger partial charge in [-0.05, 0) is 12.8 Å². The zero-order valence-electron chi connectivity index (χ0n) is 31.1. The van der Waals surface area contributed by atoms with Gasteiger partial charge >= 0.3 is 0 Å². The van der Waals surface area contributed by atoms with Crippen LogP contribution in [0.3, 0.4) is 0 Å². The second-order valence-electron chi connectivity index (χ2n) is 14.9. The van der Waals surface area contributed by atoms with Crippen molar-refractivity contribution < 1.29 is 14.3 Å². The molecule has 0 aromatic heterocycles. The van der Waals surface area contributed by atoms with Gasteiger partial charge in [-0.3, -0.25) is 4.79 Å². The van der Waals surface area contributed by atoms with Crippen LogP contribution in [0.4, 0.5) is 0 Å². The van der Waals surface area contributed by atoms with Gasteiger partial charge in [0.05, 0.1) is 6.61 Å². The molecule has 3 heteroatoms. The van der Waals surface area contributed by atoms with E-state index < -0.39 is 11.5 Å². The largest absolute Gasteiger partial charge is 0.378 e. The highest BCUT2D eigenvalue weighted by atomic mass is 16.5. The molecule has 44 heavy (non-hydrogen) atoms. The van der Waals surface area contributed by atoms with E-state index in [0.717, 1.165) is 19.4 Å². The Bertz CT molecular complexity index is 567. The van der Waals surface area contributed by atoms with Gasteiger partial charge in [-0.25, -0.2) is 0 Å². The standard InChI is InChI=1S/C41H82O3/c1-6-8-10-12-14-16-18-20-22-24-26-28-30-32-34-36-43-38-39(40(42)41(3,4)5)44-37-35-33-31-29-27-25-23-21-19-17-15-13-11-9-7-2/h39H,6-38H2,1-5H3. The Hall–Kier alpha value is -0.410. The molecular weight excluding hydrogens is 540 g/mol. The minimum absolute atomic E-state index is 0.176. The van der Waals surface area contributed by atoms with Gasteiger partial charge in [-0.1, -0.05) is 214 Å². The monoisotopic (exact) mass is 623 g/mol. The minimum atomic E-state index is -0.419. The van der Waals surface area contributed by atoms with Crippen LogP contribution in [0, 0.1) is 5.41 Å². The summed E-state index contributed by atoms with van der Waals surface area (Å²) in [5.74, 6) is 0.176. The molecule has 0 N–H and O–H groups in total. The van der Waals surface area contributed by atoms with Gasteiger partial charge in [0, 0.05) is 18.6 Å². The zero-order chi connectivity index (χ0) is 32.4. The fraction of sp³-hybridized carbons (Fsp3) is 0.976. The zero-order valence-corrected chi connectivity index (χ0v) is 31.1. The topological polar surface area (TPSA) is 35.5 Å². The molecule has 0 rings (SSSR count). The molecule has 0 spiro atoms. The lowest BCUT2D eigenvalue weighted by molar-refractivity contribution is -0.142. The first-order valence-corrected chi connectivity index (χ1v) is 20.2. The highest BCUT2D eigenvalue weighted by Crippen LogP contribution is 2.20. The minimum Gasteiger partial charge on any atom is -0.378 e. The number of unbranched alkanes of at least 4 members (excludes halogenated alkanes) is 28. The van der Waals surface area contributed by atoms with Crippen molar-refractivity contribution in [1.29, 1.82) is 0 Å². The van der Waals surface area contributed by atoms with E-state index in [9.17, 15) is 4.79 Å². The fourth-order valence-corrected chi connectivity index (χ4v) is 6.15. The summed E-state index contributed by atoms with van der Waals surface area (Å²) >= 11 is 0. The number of Topliss-reactive ketones (excluding diaryl/α,β-unsaturated/α-hetero) is 1. The van der Waals surface area contributed by atoms with Gasteiger partial charge in [0.15, 0.2) is 5.78 Å². The number of rotatable bonds is 36. The number of carbonyl (C=O) groups is 1. The maximum Gasteiger partial charge on any atom is 0.169 e. The lowest BCUT2D eigenvalue weighted by Gasteiger charge is -2.25. The fourth-order valence-electron chi connectivity index (χ4n) is 6.15. The predicted octanol–water partition coefficient (Wildman–Crippen LogP) is 13.7. The number of hydrogen-bond donors (Lipinski definition) is 0. The SMILES string of the molecule is CCCCCCCCCCCCCCCCCOCC(OCCCCCCCCCCCCCCCCC)C(=O)C(C)(C)C. The molecule has 0 saturated carbocycles. The second-order valence-corrected chi connectivity index (χ2v) is 14.9. The van der Waals surface area contributed by atoms with Gasteiger partial charge in [0.1, 0.15) is 6.10 Å². The lowest BCUT2D eigenvalue weighted by Crippen LogP contribution is -2.38. The highest BCUT2D eigenvalue weighted by molar-refractivity contribution is 5.88. The van der Waals surface area contributed by atoms with Crippen molar-refractivity contribution >= 4 is 5.78 Å². The molecule has 3 nitrogen and oxygen atoms in total. The Labute approximate surface area is 278 Å². The Kier molecular flexibility index (Phi) is 33.6. The van der Waals surface area contributed by atoms with Gasteiger partial charge < -0.3 is 9.47 Å². The van der Waals surface area contributed by atoms with Crippen LogP contribution in [-0.2, 0) is 14.3 Å². The Morgan fingerprint density at radius 2 is 0.705 bits per heavy atom. The van der Waals surface area contributed by atoms with Crippen LogP contribution in [0.2, 0.25) is 0 Å². The van der Waals surface area contributed by atoms with Crippen molar-refractivity contribution in [2.24, 2.45) is 5.41 Å². The van der Waals surface area contributed by atoms with Crippen LogP contribution in [0.25, 0.3) is 0 Å². The van der Waals surface area contributed by atoms with E-state index in [2.05, 4.69) is 13.8 Å². The van der Waals surface area contributed by atoms with Crippen LogP contribution in [-0.4, -0.2) is 31.7 Å². The van der Waals surface area contributed by atoms with Crippen molar-refractivity contribution in [3.05, 3.63) is 0 Å². The van der Waals surface area contributed by atoms with Gasteiger partial charge in [-0.2, -0.15) is 0 Å². The quantitative estimate of drug-likeness (QED) is 0.0652. The molecule has 0 amide bonds. The molecule has 0 saturated heterocycles. The van der Waals surface area contributed by atoms with Gasteiger partial charge in [0.2, 0.25) is 0 Å². The first kappa shape index (κ1) is 43.6. The maximum absolute atomic E-state index is 13.0. The second kappa shape index (κ2) is 33.9. The van der Waals surface area contributed by atoms with Crippen molar-refractivity contribution in [3.8, 4) is 0 Å². The summed E-state index contributed by atoms with van der Waals surface area (Å²) < 4.78 is 12.1. The third-order valence-electron chi connectivity index (χ3n) is 9.26. The molecule has 0 fully saturated rings. The molecule has 0 heterocycles. The van der Waals surface area contributed by atoms with Gasteiger partial charge in [0.25, 0.3) is 0 Å². The van der Waals surface area contributed by atoms with E-state index in [1.165, 1.54) is 180 Å². The van der Waals surface area contributed by atoms with E-state index in [-0.39, 0.29) is 5.78 Å². The molecular formula is C41H82O3. The van der Waals surface area contributed by atoms with Crippen LogP contribution in [0.5, 0.6) is 0 Å². The van der Waals surface area contributed by atoms with Crippen molar-refractivity contribution in [3.63, 3.8) is 0 Å². The van der Waals surface area contributed by atoms with Gasteiger partial charge in [-0.15, -0.1) is 0 Å². The number of ketones is 1. The average Bonchev–Trinajstić information content (AvgIpc) is 3.00. The number of hydrogen-bond acceptors (Lipinski definition) is 3. The molecule has 264 valence electrons.